The lowest BCUT2D eigenvalue weighted by Gasteiger charge is -2.13. The smallest absolute Gasteiger partial charge is 0.384 e. The zero-order valence-electron chi connectivity index (χ0n) is 17.6. The Balaban J connectivity index is 0.000000211. The number of aromatic nitrogens is 4. The van der Waals surface area contributed by atoms with Crippen LogP contribution < -0.4 is 11.1 Å². The molecule has 12 heteroatoms. The van der Waals surface area contributed by atoms with Gasteiger partial charge in [-0.25, -0.2) is 19.9 Å². The van der Waals surface area contributed by atoms with Gasteiger partial charge in [0.2, 0.25) is 0 Å². The maximum absolute atomic E-state index is 12.7. The lowest BCUT2D eigenvalue weighted by Crippen LogP contribution is -2.09. The Morgan fingerprint density at radius 1 is 0.882 bits per heavy atom. The minimum Gasteiger partial charge on any atom is -0.384 e. The Hall–Kier alpha value is -2.70. The van der Waals surface area contributed by atoms with E-state index >= 15 is 0 Å². The number of nitrogen functional groups attached to an aromatic ring is 1. The lowest BCUT2D eigenvalue weighted by molar-refractivity contribution is -0.137. The van der Waals surface area contributed by atoms with E-state index in [0.29, 0.717) is 23.0 Å². The molecule has 0 atom stereocenters. The Bertz CT molecular complexity index is 1180. The third-order valence-corrected chi connectivity index (χ3v) is 5.37. The first-order valence-corrected chi connectivity index (χ1v) is 11.2. The second kappa shape index (κ2) is 13.3. The summed E-state index contributed by atoms with van der Waals surface area (Å²) >= 11 is 13.4. The Morgan fingerprint density at radius 2 is 1.50 bits per heavy atom. The maximum Gasteiger partial charge on any atom is 0.419 e. The molecule has 0 unspecified atom stereocenters. The zero-order chi connectivity index (χ0) is 25.1. The van der Waals surface area contributed by atoms with Crippen molar-refractivity contribution in [3.63, 3.8) is 0 Å². The average molecular weight is 621 g/mol. The predicted octanol–water partition coefficient (Wildman–Crippen LogP) is 7.20. The highest BCUT2D eigenvalue weighted by atomic mass is 127. The van der Waals surface area contributed by atoms with Crippen LogP contribution in [-0.4, -0.2) is 19.9 Å². The van der Waals surface area contributed by atoms with Crippen LogP contribution in [0.1, 0.15) is 11.1 Å². The monoisotopic (exact) mass is 620 g/mol. The number of hydrogen-bond donors (Lipinski definition) is 2. The van der Waals surface area contributed by atoms with Crippen LogP contribution in [0.3, 0.4) is 0 Å². The van der Waals surface area contributed by atoms with Gasteiger partial charge in [0, 0.05) is 28.4 Å². The number of aryl methyl sites for hydroxylation is 1. The molecule has 6 nitrogen and oxygen atoms in total. The fourth-order valence-corrected chi connectivity index (χ4v) is 3.12. The number of alkyl halides is 3. The summed E-state index contributed by atoms with van der Waals surface area (Å²) in [6, 6.07) is 13.3. The van der Waals surface area contributed by atoms with Crippen molar-refractivity contribution in [3.8, 4) is 0 Å². The van der Waals surface area contributed by atoms with Gasteiger partial charge in [-0.2, -0.15) is 13.2 Å². The first-order valence-electron chi connectivity index (χ1n) is 9.41. The molecule has 0 spiro atoms. The molecule has 0 saturated carbocycles. The third kappa shape index (κ3) is 9.65. The first kappa shape index (κ1) is 27.5. The molecule has 4 heterocycles. The van der Waals surface area contributed by atoms with E-state index in [9.17, 15) is 13.2 Å². The molecule has 0 aromatic carbocycles. The molecule has 178 valence electrons. The van der Waals surface area contributed by atoms with Gasteiger partial charge in [-0.15, -0.1) is 0 Å². The van der Waals surface area contributed by atoms with Gasteiger partial charge in [0.25, 0.3) is 0 Å². The molecule has 0 aliphatic rings. The molecule has 0 aliphatic heterocycles. The number of anilines is 3. The van der Waals surface area contributed by atoms with Crippen molar-refractivity contribution in [1.29, 1.82) is 0 Å². The molecular formula is C22H18Cl2F3IN6. The molecule has 4 aromatic heterocycles. The predicted molar refractivity (Wildman–Crippen MR) is 137 cm³/mol. The Kier molecular flexibility index (Phi) is 10.7. The quantitative estimate of drug-likeness (QED) is 0.182. The van der Waals surface area contributed by atoms with Crippen molar-refractivity contribution in [1.82, 2.24) is 19.9 Å². The van der Waals surface area contributed by atoms with Crippen LogP contribution in [0.2, 0.25) is 10.3 Å². The Labute approximate surface area is 217 Å². The summed E-state index contributed by atoms with van der Waals surface area (Å²) in [4.78, 5) is 15.0. The molecule has 34 heavy (non-hydrogen) atoms. The molecule has 0 fully saturated rings. The van der Waals surface area contributed by atoms with Crippen molar-refractivity contribution in [2.45, 2.75) is 13.1 Å². The number of nitrogens with one attached hydrogen (secondary N) is 1. The van der Waals surface area contributed by atoms with Crippen LogP contribution in [0.25, 0.3) is 0 Å². The molecule has 4 rings (SSSR count). The highest BCUT2D eigenvalue weighted by Crippen LogP contribution is 2.36. The lowest BCUT2D eigenvalue weighted by atomic mass is 10.2. The topological polar surface area (TPSA) is 89.6 Å². The molecule has 0 saturated heterocycles. The first-order chi connectivity index (χ1) is 16.1. The maximum atomic E-state index is 12.7. The van der Waals surface area contributed by atoms with Gasteiger partial charge in [-0.3, -0.25) is 0 Å². The standard InChI is InChI=1S/C11H7ClF3N3.C6H5ClIN.C5H6N2/c12-9-5-8(7(6-17-9)11(13,14)15)18-10-3-1-2-4-16-10;1-4-3-9-6(7)2-5(4)8;6-5-3-1-2-4-7-5/h1-6H,(H,16,17,18);2-3H,1H3;1-4H,(H2,6,7). The van der Waals surface area contributed by atoms with Gasteiger partial charge >= 0.3 is 6.18 Å². The van der Waals surface area contributed by atoms with E-state index in [1.54, 1.807) is 36.7 Å². The highest BCUT2D eigenvalue weighted by Gasteiger charge is 2.34. The van der Waals surface area contributed by atoms with Gasteiger partial charge in [-0.1, -0.05) is 35.3 Å². The van der Waals surface area contributed by atoms with E-state index in [2.05, 4.69) is 47.8 Å². The van der Waals surface area contributed by atoms with Gasteiger partial charge in [0.05, 0.1) is 11.3 Å². The van der Waals surface area contributed by atoms with Gasteiger partial charge in [0.15, 0.2) is 0 Å². The van der Waals surface area contributed by atoms with Gasteiger partial charge < -0.3 is 11.1 Å². The van der Waals surface area contributed by atoms with Crippen LogP contribution in [0.15, 0.2) is 73.3 Å². The van der Waals surface area contributed by atoms with Crippen LogP contribution in [-0.2, 0) is 6.18 Å². The minimum atomic E-state index is -4.51. The van der Waals surface area contributed by atoms with E-state index in [4.69, 9.17) is 28.9 Å². The molecule has 4 aromatic rings. The molecular weight excluding hydrogens is 603 g/mol. The number of rotatable bonds is 2. The van der Waals surface area contributed by atoms with Crippen molar-refractivity contribution >= 4 is 63.1 Å². The van der Waals surface area contributed by atoms with Crippen molar-refractivity contribution < 1.29 is 13.2 Å². The number of nitrogens with two attached hydrogens (primary N) is 1. The molecule has 0 amide bonds. The second-order valence-electron chi connectivity index (χ2n) is 6.40. The van der Waals surface area contributed by atoms with Crippen molar-refractivity contribution in [2.75, 3.05) is 11.1 Å². The Morgan fingerprint density at radius 3 is 1.97 bits per heavy atom. The molecule has 3 N–H and O–H groups in total. The normalized spacial score (nSPS) is 10.3. The summed E-state index contributed by atoms with van der Waals surface area (Å²) in [6.45, 7) is 2.01. The van der Waals surface area contributed by atoms with E-state index in [-0.39, 0.29) is 10.8 Å². The fraction of sp³-hybridized carbons (Fsp3) is 0.0909. The zero-order valence-corrected chi connectivity index (χ0v) is 21.2. The third-order valence-electron chi connectivity index (χ3n) is 3.80. The van der Waals surface area contributed by atoms with Gasteiger partial charge in [-0.05, 0) is 71.5 Å². The summed E-state index contributed by atoms with van der Waals surface area (Å²) in [6.07, 6.45) is 1.08. The number of hydrogen-bond acceptors (Lipinski definition) is 6. The fourth-order valence-electron chi connectivity index (χ4n) is 2.19. The minimum absolute atomic E-state index is 0.0265. The highest BCUT2D eigenvalue weighted by molar-refractivity contribution is 14.1. The van der Waals surface area contributed by atoms with Crippen LogP contribution in [0.5, 0.6) is 0 Å². The summed E-state index contributed by atoms with van der Waals surface area (Å²) < 4.78 is 39.4. The SMILES string of the molecule is Cc1cnc(Cl)cc1I.FC(F)(F)c1cnc(Cl)cc1Nc1ccccn1.Nc1ccccn1. The summed E-state index contributed by atoms with van der Waals surface area (Å²) in [5.41, 5.74) is 5.34. The molecule has 0 aliphatic carbocycles. The molecule has 0 radical (unpaired) electrons. The number of nitrogens with zero attached hydrogens (tertiary/aromatic N) is 4. The van der Waals surface area contributed by atoms with Crippen molar-refractivity contribution in [2.24, 2.45) is 0 Å². The van der Waals surface area contributed by atoms with E-state index < -0.39 is 11.7 Å². The molecule has 0 bridgehead atoms. The van der Waals surface area contributed by atoms with Gasteiger partial charge in [0.1, 0.15) is 21.9 Å². The summed E-state index contributed by atoms with van der Waals surface area (Å²) in [5, 5.41) is 3.10. The summed E-state index contributed by atoms with van der Waals surface area (Å²) in [7, 11) is 0. The largest absolute Gasteiger partial charge is 0.419 e. The summed E-state index contributed by atoms with van der Waals surface area (Å²) in [5.74, 6) is 0.868. The number of pyridine rings is 4. The second-order valence-corrected chi connectivity index (χ2v) is 8.34. The van der Waals surface area contributed by atoms with E-state index in [1.165, 1.54) is 11.8 Å². The van der Waals surface area contributed by atoms with E-state index in [0.717, 1.165) is 9.64 Å². The average Bonchev–Trinajstić information content (AvgIpc) is 2.78. The van der Waals surface area contributed by atoms with Crippen molar-refractivity contribution in [3.05, 3.63) is 98.3 Å². The number of halogens is 6. The van der Waals surface area contributed by atoms with Crippen LogP contribution in [0, 0.1) is 10.5 Å². The van der Waals surface area contributed by atoms with Crippen LogP contribution in [0.4, 0.5) is 30.5 Å². The van der Waals surface area contributed by atoms with E-state index in [1.807, 2.05) is 25.1 Å². The van der Waals surface area contributed by atoms with Crippen LogP contribution >= 0.6 is 45.8 Å².